The molecule has 0 bridgehead atoms. The van der Waals surface area contributed by atoms with Gasteiger partial charge in [0.25, 0.3) is 5.91 Å². The third-order valence-corrected chi connectivity index (χ3v) is 7.09. The quantitative estimate of drug-likeness (QED) is 0.273. The second kappa shape index (κ2) is 11.0. The molecule has 0 saturated heterocycles. The number of benzene rings is 3. The van der Waals surface area contributed by atoms with Crippen LogP contribution < -0.4 is 10.6 Å². The lowest BCUT2D eigenvalue weighted by molar-refractivity contribution is -0.115. The summed E-state index contributed by atoms with van der Waals surface area (Å²) in [4.78, 5) is 26.1. The number of nitrogens with zero attached hydrogens (tertiary/aromatic N) is 1. The van der Waals surface area contributed by atoms with Crippen molar-refractivity contribution in [1.82, 2.24) is 0 Å². The Bertz CT molecular complexity index is 1400. The molecule has 4 aromatic rings. The van der Waals surface area contributed by atoms with Crippen LogP contribution in [0.2, 0.25) is 0 Å². The summed E-state index contributed by atoms with van der Waals surface area (Å²) in [5, 5.41) is 17.3. The van der Waals surface area contributed by atoms with E-state index in [0.29, 0.717) is 21.8 Å². The second-order valence-electron chi connectivity index (χ2n) is 7.57. The number of nitrogens with one attached hydrogen (secondary N) is 2. The molecule has 1 unspecified atom stereocenters. The summed E-state index contributed by atoms with van der Waals surface area (Å²) in [6, 6.07) is 24.2. The van der Waals surface area contributed by atoms with Gasteiger partial charge < -0.3 is 10.6 Å². The molecule has 0 radical (unpaired) electrons. The molecule has 2 amide bonds. The second-order valence-corrected chi connectivity index (χ2v) is 9.86. The zero-order chi connectivity index (χ0) is 24.8. The molecule has 174 valence electrons. The van der Waals surface area contributed by atoms with Gasteiger partial charge in [-0.15, -0.1) is 23.1 Å². The number of amides is 2. The number of hydrogen-bond donors (Lipinski definition) is 2. The molecule has 5 nitrogen and oxygen atoms in total. The fourth-order valence-corrected chi connectivity index (χ4v) is 5.16. The Labute approximate surface area is 210 Å². The van der Waals surface area contributed by atoms with Crippen molar-refractivity contribution in [2.24, 2.45) is 0 Å². The normalized spacial score (nSPS) is 11.3. The Morgan fingerprint density at radius 1 is 1.00 bits per heavy atom. The summed E-state index contributed by atoms with van der Waals surface area (Å²) in [6.45, 7) is 1.78. The van der Waals surface area contributed by atoms with E-state index in [2.05, 4.69) is 16.7 Å². The molecule has 0 fully saturated rings. The van der Waals surface area contributed by atoms with Crippen molar-refractivity contribution >= 4 is 45.6 Å². The van der Waals surface area contributed by atoms with Crippen molar-refractivity contribution in [3.63, 3.8) is 0 Å². The molecular formula is C27H20FN3O2S2. The van der Waals surface area contributed by atoms with Gasteiger partial charge >= 0.3 is 0 Å². The lowest BCUT2D eigenvalue weighted by atomic mass is 10.1. The third kappa shape index (κ3) is 5.96. The Morgan fingerprint density at radius 3 is 2.46 bits per heavy atom. The highest BCUT2D eigenvalue weighted by molar-refractivity contribution is 8.00. The summed E-state index contributed by atoms with van der Waals surface area (Å²) >= 11 is 2.66. The van der Waals surface area contributed by atoms with Gasteiger partial charge in [-0.3, -0.25) is 9.59 Å². The van der Waals surface area contributed by atoms with Crippen LogP contribution in [0.3, 0.4) is 0 Å². The van der Waals surface area contributed by atoms with E-state index in [-0.39, 0.29) is 11.8 Å². The van der Waals surface area contributed by atoms with Crippen molar-refractivity contribution in [2.75, 3.05) is 10.6 Å². The standard InChI is InChI=1S/C27H20FN3O2S2/c1-17(25(32)31-27-23(15-29)24(16-34-27)18-6-3-2-4-7-18)35-22-9-5-8-21(14-22)30-26(33)19-10-12-20(28)13-11-19/h2-14,16-17H,1H3,(H,30,33)(H,31,32). The highest BCUT2D eigenvalue weighted by Crippen LogP contribution is 2.35. The summed E-state index contributed by atoms with van der Waals surface area (Å²) < 4.78 is 13.1. The zero-order valence-electron chi connectivity index (χ0n) is 18.6. The fraction of sp³-hybridized carbons (Fsp3) is 0.0741. The lowest BCUT2D eigenvalue weighted by Gasteiger charge is -2.13. The Morgan fingerprint density at radius 2 is 1.74 bits per heavy atom. The van der Waals surface area contributed by atoms with Crippen LogP contribution in [0.4, 0.5) is 15.1 Å². The smallest absolute Gasteiger partial charge is 0.255 e. The van der Waals surface area contributed by atoms with Gasteiger partial charge in [0.2, 0.25) is 5.91 Å². The minimum atomic E-state index is -0.452. The van der Waals surface area contributed by atoms with E-state index in [1.54, 1.807) is 25.1 Å². The summed E-state index contributed by atoms with van der Waals surface area (Å²) in [5.74, 6) is -0.990. The van der Waals surface area contributed by atoms with E-state index < -0.39 is 11.1 Å². The van der Waals surface area contributed by atoms with Crippen molar-refractivity contribution in [2.45, 2.75) is 17.1 Å². The van der Waals surface area contributed by atoms with Crippen LogP contribution in [0.25, 0.3) is 11.1 Å². The summed E-state index contributed by atoms with van der Waals surface area (Å²) in [7, 11) is 0. The fourth-order valence-electron chi connectivity index (χ4n) is 3.31. The number of thiophene rings is 1. The first-order valence-corrected chi connectivity index (χ1v) is 12.4. The predicted octanol–water partition coefficient (Wildman–Crippen LogP) is 6.80. The number of nitriles is 1. The molecule has 4 rings (SSSR count). The van der Waals surface area contributed by atoms with Crippen LogP contribution >= 0.6 is 23.1 Å². The third-order valence-electron chi connectivity index (χ3n) is 5.10. The van der Waals surface area contributed by atoms with Gasteiger partial charge in [0.15, 0.2) is 0 Å². The first-order valence-electron chi connectivity index (χ1n) is 10.7. The van der Waals surface area contributed by atoms with Crippen molar-refractivity contribution in [3.05, 3.63) is 101 Å². The number of anilines is 2. The molecule has 2 N–H and O–H groups in total. The maximum atomic E-state index is 13.1. The van der Waals surface area contributed by atoms with E-state index in [1.165, 1.54) is 47.4 Å². The predicted molar refractivity (Wildman–Crippen MR) is 139 cm³/mol. The first kappa shape index (κ1) is 24.2. The largest absolute Gasteiger partial charge is 0.322 e. The molecule has 0 saturated carbocycles. The van der Waals surface area contributed by atoms with Gasteiger partial charge in [-0.1, -0.05) is 36.4 Å². The molecule has 35 heavy (non-hydrogen) atoms. The van der Waals surface area contributed by atoms with Crippen molar-refractivity contribution in [3.8, 4) is 17.2 Å². The minimum absolute atomic E-state index is 0.228. The van der Waals surface area contributed by atoms with Gasteiger partial charge in [0.05, 0.1) is 10.8 Å². The summed E-state index contributed by atoms with van der Waals surface area (Å²) in [6.07, 6.45) is 0. The topological polar surface area (TPSA) is 82.0 Å². The SMILES string of the molecule is CC(Sc1cccc(NC(=O)c2ccc(F)cc2)c1)C(=O)Nc1scc(-c2ccccc2)c1C#N. The van der Waals surface area contributed by atoms with E-state index >= 15 is 0 Å². The molecule has 3 aromatic carbocycles. The van der Waals surface area contributed by atoms with E-state index in [0.717, 1.165) is 16.0 Å². The van der Waals surface area contributed by atoms with E-state index in [4.69, 9.17) is 0 Å². The highest BCUT2D eigenvalue weighted by Gasteiger charge is 2.20. The van der Waals surface area contributed by atoms with Crippen LogP contribution in [0.1, 0.15) is 22.8 Å². The number of carbonyl (C=O) groups excluding carboxylic acids is 2. The molecule has 0 aliphatic rings. The maximum Gasteiger partial charge on any atom is 0.255 e. The van der Waals surface area contributed by atoms with Gasteiger partial charge in [0, 0.05) is 27.1 Å². The average molecular weight is 502 g/mol. The number of hydrogen-bond acceptors (Lipinski definition) is 5. The van der Waals surface area contributed by atoms with Gasteiger partial charge in [0.1, 0.15) is 16.9 Å². The average Bonchev–Trinajstić information content (AvgIpc) is 3.27. The molecule has 8 heteroatoms. The van der Waals surface area contributed by atoms with E-state index in [1.807, 2.05) is 41.8 Å². The Hall–Kier alpha value is -3.93. The molecule has 1 aromatic heterocycles. The molecule has 0 aliphatic carbocycles. The van der Waals surface area contributed by atoms with Crippen molar-refractivity contribution < 1.29 is 14.0 Å². The highest BCUT2D eigenvalue weighted by atomic mass is 32.2. The zero-order valence-corrected chi connectivity index (χ0v) is 20.3. The molecule has 1 atom stereocenters. The van der Waals surface area contributed by atoms with Crippen molar-refractivity contribution in [1.29, 1.82) is 5.26 Å². The van der Waals surface area contributed by atoms with Crippen LogP contribution in [-0.2, 0) is 4.79 Å². The van der Waals surface area contributed by atoms with Crippen LogP contribution in [0, 0.1) is 17.1 Å². The monoisotopic (exact) mass is 501 g/mol. The molecule has 0 aliphatic heterocycles. The van der Waals surface area contributed by atoms with Gasteiger partial charge in [-0.05, 0) is 55.0 Å². The van der Waals surface area contributed by atoms with E-state index in [9.17, 15) is 19.2 Å². The number of halogens is 1. The molecule has 1 heterocycles. The Kier molecular flexibility index (Phi) is 7.60. The van der Waals surface area contributed by atoms with Crippen LogP contribution in [-0.4, -0.2) is 17.1 Å². The van der Waals surface area contributed by atoms with Crippen LogP contribution in [0.5, 0.6) is 0 Å². The maximum absolute atomic E-state index is 13.1. The Balaban J connectivity index is 1.41. The molecular weight excluding hydrogens is 481 g/mol. The number of thioether (sulfide) groups is 1. The summed E-state index contributed by atoms with van der Waals surface area (Å²) in [5.41, 5.74) is 3.06. The first-order chi connectivity index (χ1) is 16.9. The lowest BCUT2D eigenvalue weighted by Crippen LogP contribution is -2.22. The number of rotatable bonds is 7. The van der Waals surface area contributed by atoms with Gasteiger partial charge in [-0.2, -0.15) is 5.26 Å². The van der Waals surface area contributed by atoms with Gasteiger partial charge in [-0.25, -0.2) is 4.39 Å². The molecule has 0 spiro atoms. The van der Waals surface area contributed by atoms with Crippen LogP contribution in [0.15, 0.2) is 89.1 Å². The number of carbonyl (C=O) groups is 2. The minimum Gasteiger partial charge on any atom is -0.322 e.